The van der Waals surface area contributed by atoms with Crippen LogP contribution in [0.1, 0.15) is 10.4 Å². The van der Waals surface area contributed by atoms with E-state index < -0.39 is 15.9 Å². The Morgan fingerprint density at radius 1 is 1.33 bits per heavy atom. The van der Waals surface area contributed by atoms with Crippen LogP contribution in [0.25, 0.3) is 0 Å². The summed E-state index contributed by atoms with van der Waals surface area (Å²) in [7, 11) is -3.60. The van der Waals surface area contributed by atoms with Gasteiger partial charge < -0.3 is 0 Å². The maximum Gasteiger partial charge on any atom is 0.266 e. The molecule has 0 saturated heterocycles. The van der Waals surface area contributed by atoms with E-state index in [9.17, 15) is 13.2 Å². The summed E-state index contributed by atoms with van der Waals surface area (Å²) in [5, 5.41) is 0.220. The van der Waals surface area contributed by atoms with E-state index >= 15 is 0 Å². The van der Waals surface area contributed by atoms with E-state index in [4.69, 9.17) is 23.2 Å². The molecule has 1 amide bonds. The van der Waals surface area contributed by atoms with Crippen molar-refractivity contribution in [3.8, 4) is 0 Å². The number of benzene rings is 1. The van der Waals surface area contributed by atoms with E-state index in [-0.39, 0.29) is 15.6 Å². The number of carbonyl (C=O) groups is 1. The molecule has 0 spiro atoms. The molecule has 1 N–H and O–H groups in total. The number of hydrogen-bond acceptors (Lipinski definition) is 3. The topological polar surface area (TPSA) is 63.2 Å². The highest BCUT2D eigenvalue weighted by Crippen LogP contribution is 2.25. The number of hydrogen-bond donors (Lipinski definition) is 1. The molecule has 0 bridgehead atoms. The molecule has 0 aliphatic rings. The number of rotatable bonds is 2. The van der Waals surface area contributed by atoms with Gasteiger partial charge >= 0.3 is 0 Å². The van der Waals surface area contributed by atoms with Gasteiger partial charge in [0.1, 0.15) is 0 Å². The Morgan fingerprint density at radius 2 is 1.93 bits per heavy atom. The number of halogens is 2. The molecule has 0 aromatic heterocycles. The van der Waals surface area contributed by atoms with E-state index in [1.54, 1.807) is 4.72 Å². The molecular weight excluding hydrogens is 261 g/mol. The normalized spacial score (nSPS) is 11.1. The van der Waals surface area contributed by atoms with Crippen molar-refractivity contribution in [1.82, 2.24) is 4.72 Å². The quantitative estimate of drug-likeness (QED) is 0.887. The van der Waals surface area contributed by atoms with Crippen LogP contribution < -0.4 is 4.72 Å². The van der Waals surface area contributed by atoms with Crippen LogP contribution in [0.3, 0.4) is 0 Å². The van der Waals surface area contributed by atoms with E-state index in [1.807, 2.05) is 0 Å². The highest BCUT2D eigenvalue weighted by Gasteiger charge is 2.15. The van der Waals surface area contributed by atoms with Gasteiger partial charge in [-0.1, -0.05) is 29.3 Å². The van der Waals surface area contributed by atoms with E-state index in [2.05, 4.69) is 0 Å². The molecular formula is C8H7Cl2NO3S. The lowest BCUT2D eigenvalue weighted by Gasteiger charge is -2.05. The summed E-state index contributed by atoms with van der Waals surface area (Å²) in [5.41, 5.74) is 0.0228. The molecule has 0 aliphatic heterocycles. The number of sulfonamides is 1. The summed E-state index contributed by atoms with van der Waals surface area (Å²) < 4.78 is 23.4. The Labute approximate surface area is 97.2 Å². The summed E-state index contributed by atoms with van der Waals surface area (Å²) in [6.07, 6.45) is 0.878. The second kappa shape index (κ2) is 4.38. The minimum atomic E-state index is -3.60. The van der Waals surface area contributed by atoms with E-state index in [0.717, 1.165) is 6.26 Å². The van der Waals surface area contributed by atoms with Crippen molar-refractivity contribution in [2.75, 3.05) is 6.26 Å². The lowest BCUT2D eigenvalue weighted by atomic mass is 10.2. The molecule has 1 aromatic carbocycles. The van der Waals surface area contributed by atoms with Crippen molar-refractivity contribution in [2.45, 2.75) is 0 Å². The average Bonchev–Trinajstić information content (AvgIpc) is 2.06. The highest BCUT2D eigenvalue weighted by atomic mass is 35.5. The lowest BCUT2D eigenvalue weighted by molar-refractivity contribution is 0.0982. The summed E-state index contributed by atoms with van der Waals surface area (Å²) in [5.74, 6) is -0.801. The first-order valence-electron chi connectivity index (χ1n) is 3.77. The molecule has 82 valence electrons. The standard InChI is InChI=1S/C8H7Cl2NO3S/c1-15(13,14)11-8(12)5-3-2-4-6(9)7(5)10/h2-4H,1H3,(H,11,12). The minimum Gasteiger partial charge on any atom is -0.268 e. The van der Waals surface area contributed by atoms with Crippen LogP contribution in [0, 0.1) is 0 Å². The van der Waals surface area contributed by atoms with Crippen LogP contribution in [-0.2, 0) is 10.0 Å². The molecule has 4 nitrogen and oxygen atoms in total. The SMILES string of the molecule is CS(=O)(=O)NC(=O)c1cccc(Cl)c1Cl. The first kappa shape index (κ1) is 12.3. The average molecular weight is 268 g/mol. The summed E-state index contributed by atoms with van der Waals surface area (Å²) in [4.78, 5) is 11.4. The van der Waals surface area contributed by atoms with E-state index in [0.29, 0.717) is 0 Å². The van der Waals surface area contributed by atoms with E-state index in [1.165, 1.54) is 18.2 Å². The Kier molecular flexibility index (Phi) is 3.59. The maximum atomic E-state index is 11.4. The predicted molar refractivity (Wildman–Crippen MR) is 58.8 cm³/mol. The first-order valence-corrected chi connectivity index (χ1v) is 6.42. The monoisotopic (exact) mass is 267 g/mol. The molecule has 1 rings (SSSR count). The molecule has 0 saturated carbocycles. The van der Waals surface area contributed by atoms with Crippen LogP contribution in [0.5, 0.6) is 0 Å². The third-order valence-electron chi connectivity index (χ3n) is 1.47. The molecule has 0 aliphatic carbocycles. The van der Waals surface area contributed by atoms with Crippen LogP contribution in [0.4, 0.5) is 0 Å². The Morgan fingerprint density at radius 3 is 2.47 bits per heavy atom. The fourth-order valence-electron chi connectivity index (χ4n) is 0.903. The maximum absolute atomic E-state index is 11.4. The van der Waals surface area contributed by atoms with Gasteiger partial charge in [-0.2, -0.15) is 0 Å². The van der Waals surface area contributed by atoms with Crippen LogP contribution in [0.15, 0.2) is 18.2 Å². The number of amides is 1. The Hall–Kier alpha value is -0.780. The smallest absolute Gasteiger partial charge is 0.266 e. The van der Waals surface area contributed by atoms with Crippen molar-refractivity contribution in [1.29, 1.82) is 0 Å². The zero-order valence-corrected chi connectivity index (χ0v) is 9.95. The van der Waals surface area contributed by atoms with Crippen molar-refractivity contribution in [3.05, 3.63) is 33.8 Å². The van der Waals surface area contributed by atoms with Gasteiger partial charge in [-0.15, -0.1) is 0 Å². The van der Waals surface area contributed by atoms with Crippen molar-refractivity contribution < 1.29 is 13.2 Å². The molecule has 0 heterocycles. The molecule has 0 unspecified atom stereocenters. The second-order valence-corrected chi connectivity index (χ2v) is 5.34. The second-order valence-electron chi connectivity index (χ2n) is 2.80. The summed E-state index contributed by atoms with van der Waals surface area (Å²) in [6, 6.07) is 4.39. The zero-order valence-electron chi connectivity index (χ0n) is 7.62. The molecule has 15 heavy (non-hydrogen) atoms. The van der Waals surface area contributed by atoms with Gasteiger partial charge in [0, 0.05) is 0 Å². The molecule has 7 heteroatoms. The van der Waals surface area contributed by atoms with Gasteiger partial charge in [-0.3, -0.25) is 4.79 Å². The largest absolute Gasteiger partial charge is 0.268 e. The zero-order chi connectivity index (χ0) is 11.6. The van der Waals surface area contributed by atoms with Crippen LogP contribution in [0.2, 0.25) is 10.0 Å². The van der Waals surface area contributed by atoms with Crippen molar-refractivity contribution in [2.24, 2.45) is 0 Å². The molecule has 1 aromatic rings. The van der Waals surface area contributed by atoms with Gasteiger partial charge in [-0.05, 0) is 12.1 Å². The fourth-order valence-corrected chi connectivity index (χ4v) is 1.74. The van der Waals surface area contributed by atoms with Crippen LogP contribution >= 0.6 is 23.2 Å². The fraction of sp³-hybridized carbons (Fsp3) is 0.125. The van der Waals surface area contributed by atoms with Gasteiger partial charge in [0.15, 0.2) is 0 Å². The highest BCUT2D eigenvalue weighted by molar-refractivity contribution is 7.89. The third-order valence-corrected chi connectivity index (χ3v) is 2.85. The summed E-state index contributed by atoms with van der Waals surface area (Å²) in [6.45, 7) is 0. The molecule has 0 radical (unpaired) electrons. The van der Waals surface area contributed by atoms with Crippen molar-refractivity contribution in [3.63, 3.8) is 0 Å². The first-order chi connectivity index (χ1) is 6.81. The third kappa shape index (κ3) is 3.37. The van der Waals surface area contributed by atoms with Gasteiger partial charge in [0.2, 0.25) is 10.0 Å². The van der Waals surface area contributed by atoms with Crippen molar-refractivity contribution >= 4 is 39.1 Å². The summed E-state index contributed by atoms with van der Waals surface area (Å²) >= 11 is 11.4. The number of carbonyl (C=O) groups excluding carboxylic acids is 1. The molecule has 0 fully saturated rings. The molecule has 0 atom stereocenters. The van der Waals surface area contributed by atoms with Gasteiger partial charge in [-0.25, -0.2) is 13.1 Å². The Bertz CT molecular complexity index is 499. The number of nitrogens with one attached hydrogen (secondary N) is 1. The van der Waals surface area contributed by atoms with Gasteiger partial charge in [0.25, 0.3) is 5.91 Å². The van der Waals surface area contributed by atoms with Gasteiger partial charge in [0.05, 0.1) is 21.9 Å². The minimum absolute atomic E-state index is 0.0228. The lowest BCUT2D eigenvalue weighted by Crippen LogP contribution is -2.29. The Balaban J connectivity index is 3.08. The van der Waals surface area contributed by atoms with Crippen LogP contribution in [-0.4, -0.2) is 20.6 Å². The predicted octanol–water partition coefficient (Wildman–Crippen LogP) is 1.68.